The van der Waals surface area contributed by atoms with Gasteiger partial charge in [0, 0.05) is 51.4 Å². The first-order chi connectivity index (χ1) is 17.0. The lowest BCUT2D eigenvalue weighted by atomic mass is 9.98. The quantitative estimate of drug-likeness (QED) is 0.387. The predicted octanol–water partition coefficient (Wildman–Crippen LogP) is 1.29. The van der Waals surface area contributed by atoms with E-state index in [4.69, 9.17) is 4.52 Å². The Morgan fingerprint density at radius 2 is 1.94 bits per heavy atom. The van der Waals surface area contributed by atoms with Gasteiger partial charge in [-0.15, -0.1) is 0 Å². The fraction of sp³-hybridized carbons (Fsp3) is 0.304. The average molecular weight is 473 g/mol. The van der Waals surface area contributed by atoms with E-state index in [2.05, 4.69) is 35.8 Å². The monoisotopic (exact) mass is 473 g/mol. The average Bonchev–Trinajstić information content (AvgIpc) is 3.60. The topological polar surface area (TPSA) is 147 Å². The molecule has 35 heavy (non-hydrogen) atoms. The van der Waals surface area contributed by atoms with Crippen LogP contribution in [0.1, 0.15) is 17.9 Å². The van der Waals surface area contributed by atoms with Crippen LogP contribution in [0.25, 0.3) is 22.8 Å². The molecule has 4 aromatic rings. The molecule has 1 atom stereocenters. The molecule has 4 aromatic heterocycles. The molecule has 0 bridgehead atoms. The largest absolute Gasteiger partial charge is 0.373 e. The van der Waals surface area contributed by atoms with Crippen molar-refractivity contribution >= 4 is 17.7 Å². The molecule has 2 aliphatic heterocycles. The Morgan fingerprint density at radius 3 is 2.74 bits per heavy atom. The van der Waals surface area contributed by atoms with Gasteiger partial charge < -0.3 is 25.2 Å². The number of hydrogen-bond donors (Lipinski definition) is 3. The molecule has 0 aliphatic carbocycles. The maximum absolute atomic E-state index is 12.4. The standard InChI is InChI=1S/C23H23N9O3/c1-31-9-6-23(34,21(31)33)19-12-18(30-35-19)16-4-2-3-15(26-16)17-5-7-25-22(27-17)28-20-11-14-13-24-8-10-32(14)29-20/h2-5,7,11-12,24,34H,6,8-10,13H2,1H3,(H,25,27,28,29). The van der Waals surface area contributed by atoms with E-state index in [9.17, 15) is 9.90 Å². The van der Waals surface area contributed by atoms with Crippen molar-refractivity contribution in [2.24, 2.45) is 0 Å². The van der Waals surface area contributed by atoms with E-state index in [-0.39, 0.29) is 12.2 Å². The Balaban J connectivity index is 1.25. The normalized spacial score (nSPS) is 19.7. The number of nitrogens with one attached hydrogen (secondary N) is 2. The van der Waals surface area contributed by atoms with Crippen LogP contribution in [-0.4, -0.2) is 65.9 Å². The molecule has 12 nitrogen and oxygen atoms in total. The zero-order chi connectivity index (χ0) is 24.0. The minimum absolute atomic E-state index is 0.112. The predicted molar refractivity (Wildman–Crippen MR) is 124 cm³/mol. The van der Waals surface area contributed by atoms with Gasteiger partial charge in [-0.05, 0) is 18.2 Å². The Bertz CT molecular complexity index is 1390. The highest BCUT2D eigenvalue weighted by molar-refractivity contribution is 5.87. The first kappa shape index (κ1) is 21.4. The lowest BCUT2D eigenvalue weighted by molar-refractivity contribution is -0.144. The maximum Gasteiger partial charge on any atom is 0.262 e. The van der Waals surface area contributed by atoms with Crippen molar-refractivity contribution in [1.82, 2.24) is 40.1 Å². The van der Waals surface area contributed by atoms with Crippen molar-refractivity contribution in [2.75, 3.05) is 25.5 Å². The van der Waals surface area contributed by atoms with E-state index >= 15 is 0 Å². The summed E-state index contributed by atoms with van der Waals surface area (Å²) in [5.74, 6) is 0.800. The van der Waals surface area contributed by atoms with Crippen molar-refractivity contribution in [2.45, 2.75) is 25.1 Å². The van der Waals surface area contributed by atoms with Crippen LogP contribution in [0.5, 0.6) is 0 Å². The molecule has 1 fully saturated rings. The van der Waals surface area contributed by atoms with Crippen LogP contribution in [0.15, 0.2) is 47.1 Å². The first-order valence-electron chi connectivity index (χ1n) is 11.3. The minimum Gasteiger partial charge on any atom is -0.373 e. The summed E-state index contributed by atoms with van der Waals surface area (Å²) >= 11 is 0. The molecular formula is C23H23N9O3. The molecule has 178 valence electrons. The van der Waals surface area contributed by atoms with Gasteiger partial charge in [0.1, 0.15) is 5.69 Å². The molecular weight excluding hydrogens is 450 g/mol. The van der Waals surface area contributed by atoms with Gasteiger partial charge in [-0.1, -0.05) is 11.2 Å². The lowest BCUT2D eigenvalue weighted by Crippen LogP contribution is -2.35. The minimum atomic E-state index is -1.70. The summed E-state index contributed by atoms with van der Waals surface area (Å²) in [6, 6.07) is 10.8. The van der Waals surface area contributed by atoms with Crippen molar-refractivity contribution < 1.29 is 14.4 Å². The number of pyridine rings is 1. The highest BCUT2D eigenvalue weighted by atomic mass is 16.5. The number of carbonyl (C=O) groups excluding carboxylic acids is 1. The van der Waals surface area contributed by atoms with Crippen LogP contribution in [0.4, 0.5) is 11.8 Å². The zero-order valence-corrected chi connectivity index (χ0v) is 19.0. The van der Waals surface area contributed by atoms with Gasteiger partial charge in [-0.3, -0.25) is 9.48 Å². The van der Waals surface area contributed by atoms with E-state index in [1.165, 1.54) is 4.90 Å². The second-order valence-electron chi connectivity index (χ2n) is 8.63. The molecule has 0 radical (unpaired) electrons. The third kappa shape index (κ3) is 3.82. The van der Waals surface area contributed by atoms with E-state index < -0.39 is 11.5 Å². The smallest absolute Gasteiger partial charge is 0.262 e. The summed E-state index contributed by atoms with van der Waals surface area (Å²) < 4.78 is 7.32. The van der Waals surface area contributed by atoms with Crippen LogP contribution >= 0.6 is 0 Å². The summed E-state index contributed by atoms with van der Waals surface area (Å²) in [5, 5.41) is 25.9. The molecule has 1 amide bonds. The number of fused-ring (bicyclic) bond motifs is 1. The summed E-state index contributed by atoms with van der Waals surface area (Å²) in [6.45, 7) is 2.93. The second kappa shape index (κ2) is 8.25. The maximum atomic E-state index is 12.4. The Hall–Kier alpha value is -4.16. The van der Waals surface area contributed by atoms with Crippen LogP contribution in [0.3, 0.4) is 0 Å². The van der Waals surface area contributed by atoms with Crippen LogP contribution in [0, 0.1) is 0 Å². The van der Waals surface area contributed by atoms with Crippen LogP contribution in [-0.2, 0) is 23.5 Å². The lowest BCUT2D eigenvalue weighted by Gasteiger charge is -2.16. The number of aliphatic hydroxyl groups is 1. The van der Waals surface area contributed by atoms with Crippen molar-refractivity contribution in [3.05, 3.63) is 54.0 Å². The van der Waals surface area contributed by atoms with E-state index in [0.29, 0.717) is 41.1 Å². The third-order valence-corrected chi connectivity index (χ3v) is 6.27. The summed E-state index contributed by atoms with van der Waals surface area (Å²) in [7, 11) is 1.64. The molecule has 1 saturated heterocycles. The number of likely N-dealkylation sites (tertiary alicyclic amines) is 1. The molecule has 3 N–H and O–H groups in total. The first-order valence-corrected chi connectivity index (χ1v) is 11.3. The number of rotatable bonds is 5. The van der Waals surface area contributed by atoms with Crippen molar-refractivity contribution in [3.63, 3.8) is 0 Å². The molecule has 6 rings (SSSR count). The van der Waals surface area contributed by atoms with Gasteiger partial charge in [-0.25, -0.2) is 15.0 Å². The number of aromatic nitrogens is 6. The fourth-order valence-electron chi connectivity index (χ4n) is 4.32. The number of hydrogen-bond acceptors (Lipinski definition) is 10. The number of amides is 1. The van der Waals surface area contributed by atoms with Crippen LogP contribution < -0.4 is 10.6 Å². The number of anilines is 2. The highest BCUT2D eigenvalue weighted by Crippen LogP contribution is 2.34. The third-order valence-electron chi connectivity index (χ3n) is 6.27. The highest BCUT2D eigenvalue weighted by Gasteiger charge is 2.48. The summed E-state index contributed by atoms with van der Waals surface area (Å²) in [5.41, 5.74) is 1.58. The Labute approximate surface area is 200 Å². The van der Waals surface area contributed by atoms with E-state index in [0.717, 1.165) is 25.3 Å². The van der Waals surface area contributed by atoms with Gasteiger partial charge in [0.15, 0.2) is 11.6 Å². The van der Waals surface area contributed by atoms with Gasteiger partial charge in [0.2, 0.25) is 11.5 Å². The molecule has 12 heteroatoms. The SMILES string of the molecule is CN1CCC(O)(c2cc(-c3cccc(-c4ccnc(Nc5cc6n(n5)CCNC6)n4)n3)no2)C1=O. The van der Waals surface area contributed by atoms with Gasteiger partial charge in [-0.2, -0.15) is 5.10 Å². The van der Waals surface area contributed by atoms with Crippen molar-refractivity contribution in [1.29, 1.82) is 0 Å². The molecule has 0 saturated carbocycles. The number of nitrogens with zero attached hydrogens (tertiary/aromatic N) is 7. The zero-order valence-electron chi connectivity index (χ0n) is 19.0. The molecule has 6 heterocycles. The fourth-order valence-corrected chi connectivity index (χ4v) is 4.32. The van der Waals surface area contributed by atoms with E-state index in [1.807, 2.05) is 22.9 Å². The summed E-state index contributed by atoms with van der Waals surface area (Å²) in [4.78, 5) is 27.4. The van der Waals surface area contributed by atoms with Gasteiger partial charge in [0.25, 0.3) is 5.91 Å². The summed E-state index contributed by atoms with van der Waals surface area (Å²) in [6.07, 6.45) is 1.90. The molecule has 2 aliphatic rings. The number of carbonyl (C=O) groups is 1. The molecule has 1 unspecified atom stereocenters. The number of likely N-dealkylation sites (N-methyl/N-ethyl adjacent to an activating group) is 1. The van der Waals surface area contributed by atoms with Gasteiger partial charge >= 0.3 is 0 Å². The van der Waals surface area contributed by atoms with Crippen molar-refractivity contribution in [3.8, 4) is 22.8 Å². The second-order valence-corrected chi connectivity index (χ2v) is 8.63. The van der Waals surface area contributed by atoms with E-state index in [1.54, 1.807) is 31.4 Å². The van der Waals surface area contributed by atoms with Gasteiger partial charge in [0.05, 0.1) is 29.3 Å². The van der Waals surface area contributed by atoms with Crippen LogP contribution in [0.2, 0.25) is 0 Å². The Kier molecular flexibility index (Phi) is 5.04. The Morgan fingerprint density at radius 1 is 1.11 bits per heavy atom. The molecule has 0 aromatic carbocycles. The molecule has 0 spiro atoms.